The first kappa shape index (κ1) is 32.8. The molecule has 5 rings (SSSR count). The Morgan fingerprint density at radius 2 is 1.04 bits per heavy atom. The maximum atomic E-state index is 12.2. The second-order valence-corrected chi connectivity index (χ2v) is 12.0. The average Bonchev–Trinajstić information content (AvgIpc) is 3.67. The number of carbonyl (C=O) groups excluding carboxylic acids is 2. The number of aromatic amines is 2. The molecule has 10 nitrogen and oxygen atoms in total. The van der Waals surface area contributed by atoms with Gasteiger partial charge in [-0.15, -0.1) is 0 Å². The third kappa shape index (κ3) is 6.15. The first-order valence-corrected chi connectivity index (χ1v) is 15.5. The molecule has 4 N–H and O–H groups in total. The molecule has 3 aromatic heterocycles. The van der Waals surface area contributed by atoms with Crippen LogP contribution in [0.25, 0.3) is 44.4 Å². The van der Waals surface area contributed by atoms with Gasteiger partial charge in [0.25, 0.3) is 0 Å². The molecule has 0 amide bonds. The summed E-state index contributed by atoms with van der Waals surface area (Å²) in [5.41, 5.74) is 12.7. The van der Waals surface area contributed by atoms with Crippen LogP contribution >= 0.6 is 0 Å². The van der Waals surface area contributed by atoms with Crippen LogP contribution in [-0.2, 0) is 19.1 Å². The zero-order valence-electron chi connectivity index (χ0n) is 27.7. The fraction of sp³-hybridized carbons (Fsp3) is 0.389. The van der Waals surface area contributed by atoms with Gasteiger partial charge in [-0.1, -0.05) is 0 Å². The van der Waals surface area contributed by atoms with E-state index >= 15 is 0 Å². The van der Waals surface area contributed by atoms with Crippen molar-refractivity contribution in [2.45, 2.75) is 79.4 Å². The highest BCUT2D eigenvalue weighted by atomic mass is 16.5. The van der Waals surface area contributed by atoms with Gasteiger partial charge in [0.1, 0.15) is 0 Å². The van der Waals surface area contributed by atoms with E-state index in [9.17, 15) is 19.8 Å². The summed E-state index contributed by atoms with van der Waals surface area (Å²) < 4.78 is 9.86. The van der Waals surface area contributed by atoms with Gasteiger partial charge in [0, 0.05) is 46.0 Å². The summed E-state index contributed by atoms with van der Waals surface area (Å²) in [5.74, 6) is -0.633. The van der Waals surface area contributed by atoms with Crippen molar-refractivity contribution < 1.29 is 29.3 Å². The van der Waals surface area contributed by atoms with Gasteiger partial charge in [0.2, 0.25) is 0 Å². The Morgan fingerprint density at radius 3 is 1.46 bits per heavy atom. The van der Waals surface area contributed by atoms with Crippen molar-refractivity contribution in [1.29, 1.82) is 0 Å². The molecule has 0 saturated carbocycles. The van der Waals surface area contributed by atoms with E-state index in [2.05, 4.69) is 9.97 Å². The van der Waals surface area contributed by atoms with Gasteiger partial charge < -0.3 is 29.7 Å². The van der Waals surface area contributed by atoms with E-state index in [0.717, 1.165) is 72.3 Å². The summed E-state index contributed by atoms with van der Waals surface area (Å²) >= 11 is 0. The molecule has 0 unspecified atom stereocenters. The molecule has 0 radical (unpaired) electrons. The first-order valence-electron chi connectivity index (χ1n) is 15.5. The number of allylic oxidation sites excluding steroid dienone is 4. The predicted molar refractivity (Wildman–Crippen MR) is 179 cm³/mol. The van der Waals surface area contributed by atoms with E-state index < -0.39 is 12.2 Å². The van der Waals surface area contributed by atoms with Crippen LogP contribution in [0.1, 0.15) is 111 Å². The van der Waals surface area contributed by atoms with Gasteiger partial charge in [-0.25, -0.2) is 9.97 Å². The fourth-order valence-electron chi connectivity index (χ4n) is 6.51. The van der Waals surface area contributed by atoms with Crippen molar-refractivity contribution in [2.75, 3.05) is 14.2 Å². The largest absolute Gasteiger partial charge is 0.469 e. The number of methoxy groups -OCH3 is 2. The maximum absolute atomic E-state index is 12.2. The standard InChI is InChI=1S/C36H42N4O6/c1-17-23(9-11-33(43)45-7)29-16-30-24(10-12-34(44)46-8)18(2)26(38-30)14-31-36(22(6)42)20(4)28(40-31)15-32-35(21(5)41)19(3)27(39-32)13-25(17)37-29/h13-16,21-22,39-42H,9-12H2,1-8H3/t21-,22-/m1/s1. The van der Waals surface area contributed by atoms with E-state index in [1.54, 1.807) is 13.8 Å². The highest BCUT2D eigenvalue weighted by molar-refractivity contribution is 5.96. The monoisotopic (exact) mass is 626 g/mol. The van der Waals surface area contributed by atoms with Crippen molar-refractivity contribution in [3.63, 3.8) is 0 Å². The van der Waals surface area contributed by atoms with Gasteiger partial charge in [0.15, 0.2) is 0 Å². The summed E-state index contributed by atoms with van der Waals surface area (Å²) in [4.78, 5) is 41.4. The van der Waals surface area contributed by atoms with Gasteiger partial charge in [0.05, 0.1) is 49.2 Å². The molecule has 10 heteroatoms. The number of aliphatic hydroxyl groups excluding tert-OH is 2. The summed E-state index contributed by atoms with van der Waals surface area (Å²) in [6.45, 7) is 11.4. The molecular formula is C36H42N4O6. The molecule has 0 aliphatic carbocycles. The van der Waals surface area contributed by atoms with Gasteiger partial charge in [-0.05, 0) is 112 Å². The lowest BCUT2D eigenvalue weighted by Gasteiger charge is -2.06. The number of ether oxygens (including phenoxy) is 2. The molecule has 0 aromatic carbocycles. The van der Waals surface area contributed by atoms with Crippen LogP contribution in [0.2, 0.25) is 0 Å². The van der Waals surface area contributed by atoms with Gasteiger partial charge in [-0.3, -0.25) is 9.59 Å². The minimum Gasteiger partial charge on any atom is -0.469 e. The van der Waals surface area contributed by atoms with Crippen LogP contribution in [0, 0.1) is 13.8 Å². The predicted octanol–water partition coefficient (Wildman–Crippen LogP) is 6.81. The topological polar surface area (TPSA) is 150 Å². The van der Waals surface area contributed by atoms with E-state index in [4.69, 9.17) is 19.4 Å². The lowest BCUT2D eigenvalue weighted by molar-refractivity contribution is -0.141. The quantitative estimate of drug-likeness (QED) is 0.199. The highest BCUT2D eigenvalue weighted by Crippen LogP contribution is 2.39. The maximum Gasteiger partial charge on any atom is 0.305 e. The zero-order chi connectivity index (χ0) is 33.4. The van der Waals surface area contributed by atoms with Crippen LogP contribution in [0.3, 0.4) is 0 Å². The van der Waals surface area contributed by atoms with Crippen molar-refractivity contribution in [3.05, 3.63) is 69.3 Å². The lowest BCUT2D eigenvalue weighted by Crippen LogP contribution is -2.01. The lowest BCUT2D eigenvalue weighted by atomic mass is 9.98. The normalized spacial score (nSPS) is 14.5. The van der Waals surface area contributed by atoms with Crippen LogP contribution in [0.5, 0.6) is 0 Å². The van der Waals surface area contributed by atoms with E-state index in [-0.39, 0.29) is 24.8 Å². The Balaban J connectivity index is 1.91. The molecule has 3 aromatic rings. The van der Waals surface area contributed by atoms with E-state index in [1.165, 1.54) is 14.2 Å². The molecule has 242 valence electrons. The van der Waals surface area contributed by atoms with E-state index in [0.29, 0.717) is 29.9 Å². The number of H-pyrrole nitrogens is 2. The Kier molecular flexibility index (Phi) is 9.32. The minimum absolute atomic E-state index is 0.185. The van der Waals surface area contributed by atoms with E-state index in [1.807, 2.05) is 52.0 Å². The molecule has 0 spiro atoms. The molecule has 2 atom stereocenters. The second kappa shape index (κ2) is 13.1. The van der Waals surface area contributed by atoms with Crippen molar-refractivity contribution in [3.8, 4) is 0 Å². The zero-order valence-corrected chi connectivity index (χ0v) is 27.7. The smallest absolute Gasteiger partial charge is 0.305 e. The van der Waals surface area contributed by atoms with Crippen molar-refractivity contribution in [1.82, 2.24) is 19.9 Å². The summed E-state index contributed by atoms with van der Waals surface area (Å²) in [5, 5.41) is 21.7. The number of hydrogen-bond donors (Lipinski definition) is 4. The van der Waals surface area contributed by atoms with Gasteiger partial charge >= 0.3 is 11.9 Å². The Bertz CT molecular complexity index is 1960. The Hall–Kier alpha value is -4.54. The number of esters is 2. The summed E-state index contributed by atoms with van der Waals surface area (Å²) in [7, 11) is 2.75. The molecule has 0 saturated heterocycles. The average molecular weight is 627 g/mol. The molecular weight excluding hydrogens is 584 g/mol. The van der Waals surface area contributed by atoms with Crippen molar-refractivity contribution >= 4 is 56.3 Å². The third-order valence-corrected chi connectivity index (χ3v) is 9.08. The molecule has 2 aliphatic rings. The highest BCUT2D eigenvalue weighted by Gasteiger charge is 2.24. The number of aliphatic hydroxyl groups is 2. The number of carbonyl (C=O) groups is 2. The number of nitrogens with zero attached hydrogens (tertiary/aromatic N) is 2. The third-order valence-electron chi connectivity index (χ3n) is 9.08. The van der Waals surface area contributed by atoms with Crippen LogP contribution in [0.4, 0.5) is 0 Å². The van der Waals surface area contributed by atoms with Crippen LogP contribution in [0.15, 0.2) is 24.3 Å². The van der Waals surface area contributed by atoms with Crippen molar-refractivity contribution in [2.24, 2.45) is 0 Å². The number of nitrogens with one attached hydrogen (secondary N) is 2. The first-order chi connectivity index (χ1) is 21.8. The fourth-order valence-corrected chi connectivity index (χ4v) is 6.51. The second-order valence-electron chi connectivity index (χ2n) is 12.0. The number of rotatable bonds is 8. The van der Waals surface area contributed by atoms with Crippen LogP contribution in [-0.4, -0.2) is 56.3 Å². The number of aryl methyl sites for hydroxylation is 2. The molecule has 46 heavy (non-hydrogen) atoms. The number of hydrogen-bond acceptors (Lipinski definition) is 8. The molecule has 5 heterocycles. The summed E-state index contributed by atoms with van der Waals surface area (Å²) in [6, 6.07) is 7.77. The molecule has 2 aliphatic heterocycles. The SMILES string of the molecule is COC(=O)CCC1=C(C)c2cc3[nH]c(cc4[nH]c(cc5nc(cc1n2)C(CCC(=O)OC)=C5C)c([C@@H](C)O)c4C)c([C@@H](C)O)c3C. The van der Waals surface area contributed by atoms with Gasteiger partial charge in [-0.2, -0.15) is 0 Å². The summed E-state index contributed by atoms with van der Waals surface area (Å²) in [6.07, 6.45) is -0.289. The minimum atomic E-state index is -0.760. The Labute approximate surface area is 268 Å². The Morgan fingerprint density at radius 1 is 0.652 bits per heavy atom. The molecule has 8 bridgehead atoms. The number of fused-ring (bicyclic) bond motifs is 8. The number of aromatic nitrogens is 4. The van der Waals surface area contributed by atoms with Crippen LogP contribution < -0.4 is 0 Å². The molecule has 0 fully saturated rings.